The molecule has 1 fully saturated rings. The number of hydrogen-bond acceptors (Lipinski definition) is 3. The lowest BCUT2D eigenvalue weighted by Gasteiger charge is -2.22. The van der Waals surface area contributed by atoms with Crippen LogP contribution in [0, 0.1) is 0 Å². The number of nitrogens with two attached hydrogens (primary N) is 1. The molecule has 5 heteroatoms. The Balaban J connectivity index is 0.000000399. The van der Waals surface area contributed by atoms with Gasteiger partial charge in [0.15, 0.2) is 0 Å². The van der Waals surface area contributed by atoms with E-state index in [1.165, 1.54) is 37.7 Å². The summed E-state index contributed by atoms with van der Waals surface area (Å²) in [4.78, 5) is 8.56. The van der Waals surface area contributed by atoms with E-state index < -0.39 is 6.16 Å². The Hall–Kier alpha value is -1.91. The van der Waals surface area contributed by atoms with E-state index in [2.05, 4.69) is 23.5 Å². The van der Waals surface area contributed by atoms with Gasteiger partial charge in [-0.25, -0.2) is 4.79 Å². The first kappa shape index (κ1) is 15.1. The summed E-state index contributed by atoms with van der Waals surface area (Å²) in [6.07, 6.45) is 4.98. The van der Waals surface area contributed by atoms with Gasteiger partial charge in [-0.05, 0) is 36.5 Å². The molecule has 0 bridgehead atoms. The monoisotopic (exact) mass is 266 g/mol. The van der Waals surface area contributed by atoms with Gasteiger partial charge in [0.1, 0.15) is 0 Å². The minimum atomic E-state index is -1.83. The van der Waals surface area contributed by atoms with Crippen molar-refractivity contribution in [2.24, 2.45) is 0 Å². The zero-order valence-corrected chi connectivity index (χ0v) is 11.2. The Kier molecular flexibility index (Phi) is 5.99. The third kappa shape index (κ3) is 5.07. The number of nitrogen functional groups attached to an aromatic ring is 1. The molecular weight excluding hydrogens is 244 g/mol. The summed E-state index contributed by atoms with van der Waals surface area (Å²) in [6.45, 7) is 0. The predicted molar refractivity (Wildman–Crippen MR) is 76.9 cm³/mol. The largest absolute Gasteiger partial charge is 0.503 e. The summed E-state index contributed by atoms with van der Waals surface area (Å²) >= 11 is 0. The van der Waals surface area contributed by atoms with Gasteiger partial charge in [0, 0.05) is 7.05 Å². The van der Waals surface area contributed by atoms with Crippen LogP contribution >= 0.6 is 0 Å². The third-order valence-electron chi connectivity index (χ3n) is 3.42. The average Bonchev–Trinajstić information content (AvgIpc) is 2.39. The van der Waals surface area contributed by atoms with E-state index in [-0.39, 0.29) is 0 Å². The molecule has 0 saturated heterocycles. The van der Waals surface area contributed by atoms with Crippen molar-refractivity contribution in [3.63, 3.8) is 0 Å². The number of nitrogens with one attached hydrogen (secondary N) is 1. The van der Waals surface area contributed by atoms with Crippen LogP contribution in [0.25, 0.3) is 0 Å². The van der Waals surface area contributed by atoms with Crippen LogP contribution in [0.2, 0.25) is 0 Å². The molecule has 0 unspecified atom stereocenters. The normalized spacial score (nSPS) is 15.2. The molecule has 1 aliphatic rings. The summed E-state index contributed by atoms with van der Waals surface area (Å²) in [5.41, 5.74) is 9.31. The van der Waals surface area contributed by atoms with Gasteiger partial charge in [-0.1, -0.05) is 25.3 Å². The van der Waals surface area contributed by atoms with Crippen molar-refractivity contribution in [1.29, 1.82) is 0 Å². The van der Waals surface area contributed by atoms with Crippen LogP contribution in [-0.4, -0.2) is 23.4 Å². The number of rotatable bonds is 2. The van der Waals surface area contributed by atoms with Crippen molar-refractivity contribution in [3.05, 3.63) is 23.8 Å². The Morgan fingerprint density at radius 2 is 1.84 bits per heavy atom. The first-order chi connectivity index (χ1) is 9.04. The fraction of sp³-hybridized carbons (Fsp3) is 0.500. The SMILES string of the molecule is CNc1ccc(C2CCCCC2)cc1N.O=C(O)O. The second-order valence-electron chi connectivity index (χ2n) is 4.71. The van der Waals surface area contributed by atoms with Crippen LogP contribution < -0.4 is 11.1 Å². The van der Waals surface area contributed by atoms with Gasteiger partial charge in [-0.3, -0.25) is 0 Å². The van der Waals surface area contributed by atoms with E-state index in [0.29, 0.717) is 0 Å². The van der Waals surface area contributed by atoms with Crippen molar-refractivity contribution in [2.75, 3.05) is 18.1 Å². The van der Waals surface area contributed by atoms with Gasteiger partial charge < -0.3 is 21.3 Å². The molecule has 5 N–H and O–H groups in total. The maximum atomic E-state index is 8.56. The lowest BCUT2D eigenvalue weighted by molar-refractivity contribution is 0.137. The van der Waals surface area contributed by atoms with E-state index in [1.807, 2.05) is 7.05 Å². The standard InChI is InChI=1S/C13H20N2.CH2O3/c1-15-13-8-7-11(9-12(13)14)10-5-3-2-4-6-10;2-1(3)4/h7-10,15H,2-6,14H2,1H3;(H2,2,3,4). The Labute approximate surface area is 113 Å². The van der Waals surface area contributed by atoms with Crippen molar-refractivity contribution in [1.82, 2.24) is 0 Å². The summed E-state index contributed by atoms with van der Waals surface area (Å²) < 4.78 is 0. The number of carboxylic acid groups (broad SMARTS) is 2. The minimum absolute atomic E-state index is 0.743. The molecule has 0 atom stereocenters. The van der Waals surface area contributed by atoms with E-state index in [9.17, 15) is 0 Å². The zero-order valence-electron chi connectivity index (χ0n) is 11.2. The molecule has 0 heterocycles. The first-order valence-electron chi connectivity index (χ1n) is 6.53. The summed E-state index contributed by atoms with van der Waals surface area (Å²) in [5, 5.41) is 17.0. The number of anilines is 2. The van der Waals surface area contributed by atoms with Crippen LogP contribution in [0.5, 0.6) is 0 Å². The molecule has 1 aromatic rings. The van der Waals surface area contributed by atoms with E-state index in [0.717, 1.165) is 17.3 Å². The van der Waals surface area contributed by atoms with Gasteiger partial charge in [-0.15, -0.1) is 0 Å². The zero-order chi connectivity index (χ0) is 14.3. The van der Waals surface area contributed by atoms with E-state index >= 15 is 0 Å². The second-order valence-corrected chi connectivity index (χ2v) is 4.71. The summed E-state index contributed by atoms with van der Waals surface area (Å²) in [7, 11) is 1.91. The predicted octanol–water partition coefficient (Wildman–Crippen LogP) is 3.58. The van der Waals surface area contributed by atoms with E-state index in [1.54, 1.807) is 0 Å². The highest BCUT2D eigenvalue weighted by Crippen LogP contribution is 2.34. The number of carbonyl (C=O) groups is 1. The fourth-order valence-corrected chi connectivity index (χ4v) is 2.50. The van der Waals surface area contributed by atoms with Crippen LogP contribution in [0.1, 0.15) is 43.6 Å². The summed E-state index contributed by atoms with van der Waals surface area (Å²) in [5.74, 6) is 0.743. The summed E-state index contributed by atoms with van der Waals surface area (Å²) in [6, 6.07) is 6.46. The maximum Gasteiger partial charge on any atom is 0.503 e. The molecule has 0 radical (unpaired) electrons. The lowest BCUT2D eigenvalue weighted by atomic mass is 9.84. The molecule has 5 nitrogen and oxygen atoms in total. The van der Waals surface area contributed by atoms with Crippen molar-refractivity contribution in [3.8, 4) is 0 Å². The topological polar surface area (TPSA) is 95.6 Å². The average molecular weight is 266 g/mol. The van der Waals surface area contributed by atoms with Crippen LogP contribution in [0.4, 0.5) is 16.2 Å². The molecule has 2 rings (SSSR count). The van der Waals surface area contributed by atoms with Gasteiger partial charge in [0.05, 0.1) is 11.4 Å². The van der Waals surface area contributed by atoms with Crippen molar-refractivity contribution >= 4 is 17.5 Å². The maximum absolute atomic E-state index is 8.56. The Morgan fingerprint density at radius 1 is 1.26 bits per heavy atom. The molecule has 1 aliphatic carbocycles. The third-order valence-corrected chi connectivity index (χ3v) is 3.42. The Bertz CT molecular complexity index is 411. The number of benzene rings is 1. The molecular formula is C14H22N2O3. The molecule has 0 spiro atoms. The quantitative estimate of drug-likeness (QED) is 0.614. The molecule has 0 aromatic heterocycles. The second kappa shape index (κ2) is 7.51. The van der Waals surface area contributed by atoms with Gasteiger partial charge in [-0.2, -0.15) is 0 Å². The molecule has 19 heavy (non-hydrogen) atoms. The highest BCUT2D eigenvalue weighted by Gasteiger charge is 2.15. The molecule has 0 aliphatic heterocycles. The highest BCUT2D eigenvalue weighted by atomic mass is 16.6. The number of hydrogen-bond donors (Lipinski definition) is 4. The van der Waals surface area contributed by atoms with Crippen LogP contribution in [0.15, 0.2) is 18.2 Å². The minimum Gasteiger partial charge on any atom is -0.450 e. The van der Waals surface area contributed by atoms with Gasteiger partial charge >= 0.3 is 6.16 Å². The Morgan fingerprint density at radius 3 is 2.32 bits per heavy atom. The molecule has 1 saturated carbocycles. The van der Waals surface area contributed by atoms with Crippen molar-refractivity contribution in [2.45, 2.75) is 38.0 Å². The van der Waals surface area contributed by atoms with Gasteiger partial charge in [0.25, 0.3) is 0 Å². The van der Waals surface area contributed by atoms with Crippen molar-refractivity contribution < 1.29 is 15.0 Å². The van der Waals surface area contributed by atoms with Gasteiger partial charge in [0.2, 0.25) is 0 Å². The van der Waals surface area contributed by atoms with Crippen LogP contribution in [-0.2, 0) is 0 Å². The first-order valence-corrected chi connectivity index (χ1v) is 6.53. The fourth-order valence-electron chi connectivity index (χ4n) is 2.50. The molecule has 0 amide bonds. The molecule has 1 aromatic carbocycles. The lowest BCUT2D eigenvalue weighted by Crippen LogP contribution is -2.05. The van der Waals surface area contributed by atoms with E-state index in [4.69, 9.17) is 20.7 Å². The smallest absolute Gasteiger partial charge is 0.450 e. The molecule has 106 valence electrons. The highest BCUT2D eigenvalue weighted by molar-refractivity contribution is 5.66. The van der Waals surface area contributed by atoms with Crippen LogP contribution in [0.3, 0.4) is 0 Å².